The zero-order valence-corrected chi connectivity index (χ0v) is 11.7. The third kappa shape index (κ3) is 2.11. The van der Waals surface area contributed by atoms with Crippen LogP contribution in [0.25, 0.3) is 0 Å². The molecule has 7 nitrogen and oxygen atoms in total. The van der Waals surface area contributed by atoms with E-state index in [-0.39, 0.29) is 17.4 Å². The largest absolute Gasteiger partial charge is 0.468 e. The van der Waals surface area contributed by atoms with E-state index in [1.54, 1.807) is 24.3 Å². The van der Waals surface area contributed by atoms with E-state index in [1.165, 1.54) is 7.11 Å². The molecule has 7 heteroatoms. The molecule has 2 N–H and O–H groups in total. The molecule has 0 fully saturated rings. The summed E-state index contributed by atoms with van der Waals surface area (Å²) in [6.07, 6.45) is 0. The van der Waals surface area contributed by atoms with Gasteiger partial charge in [0.05, 0.1) is 18.7 Å². The Bertz CT molecular complexity index is 823. The molecule has 22 heavy (non-hydrogen) atoms. The molecule has 2 unspecified atom stereocenters. The van der Waals surface area contributed by atoms with Crippen LogP contribution in [0.2, 0.25) is 0 Å². The number of anilines is 1. The van der Waals surface area contributed by atoms with Gasteiger partial charge in [0.25, 0.3) is 11.6 Å². The average molecular weight is 296 g/mol. The number of carbonyl (C=O) groups excluding carboxylic acids is 1. The summed E-state index contributed by atoms with van der Waals surface area (Å²) in [6.45, 7) is 0. The zero-order chi connectivity index (χ0) is 15.7. The fourth-order valence-corrected chi connectivity index (χ4v) is 2.61. The molecule has 1 aromatic carbocycles. The molecule has 2 heterocycles. The molecule has 2 aromatic rings. The molecule has 1 aliphatic rings. The number of nitrogens with one attached hydrogen (secondary N) is 2. The predicted octanol–water partition coefficient (Wildman–Crippen LogP) is 1.00. The Balaban J connectivity index is 2.26. The number of rotatable bonds is 2. The van der Waals surface area contributed by atoms with Crippen LogP contribution in [0.3, 0.4) is 0 Å². The van der Waals surface area contributed by atoms with Crippen LogP contribution in [0, 0.1) is 17.2 Å². The predicted molar refractivity (Wildman–Crippen MR) is 77.4 cm³/mol. The van der Waals surface area contributed by atoms with Crippen LogP contribution in [0.4, 0.5) is 5.82 Å². The molecule has 1 aliphatic heterocycles. The molecular weight excluding hydrogens is 284 g/mol. The summed E-state index contributed by atoms with van der Waals surface area (Å²) >= 11 is 0. The Morgan fingerprint density at radius 2 is 2.00 bits per heavy atom. The van der Waals surface area contributed by atoms with Gasteiger partial charge >= 0.3 is 0 Å². The van der Waals surface area contributed by atoms with E-state index in [9.17, 15) is 14.9 Å². The topological polar surface area (TPSA) is 108 Å². The van der Waals surface area contributed by atoms with Crippen LogP contribution in [-0.4, -0.2) is 23.0 Å². The lowest BCUT2D eigenvalue weighted by Gasteiger charge is -2.28. The molecule has 1 aromatic heterocycles. The van der Waals surface area contributed by atoms with E-state index in [0.717, 1.165) is 0 Å². The Morgan fingerprint density at radius 3 is 2.64 bits per heavy atom. The number of ether oxygens (including phenoxy) is 1. The zero-order valence-electron chi connectivity index (χ0n) is 11.7. The maximum Gasteiger partial charge on any atom is 0.298 e. The number of H-pyrrole nitrogens is 1. The molecule has 0 bridgehead atoms. The van der Waals surface area contributed by atoms with E-state index in [4.69, 9.17) is 4.74 Å². The summed E-state index contributed by atoms with van der Waals surface area (Å²) in [5.41, 5.74) is 0.539. The van der Waals surface area contributed by atoms with Crippen molar-refractivity contribution in [1.82, 2.24) is 9.97 Å². The van der Waals surface area contributed by atoms with Crippen LogP contribution in [0.1, 0.15) is 17.0 Å². The van der Waals surface area contributed by atoms with Gasteiger partial charge in [-0.1, -0.05) is 30.3 Å². The number of aromatic amines is 1. The van der Waals surface area contributed by atoms with Gasteiger partial charge in [-0.2, -0.15) is 10.2 Å². The van der Waals surface area contributed by atoms with E-state index < -0.39 is 23.3 Å². The highest BCUT2D eigenvalue weighted by molar-refractivity contribution is 5.97. The summed E-state index contributed by atoms with van der Waals surface area (Å²) < 4.78 is 4.91. The number of hydrogen-bond acceptors (Lipinski definition) is 5. The lowest BCUT2D eigenvalue weighted by atomic mass is 9.79. The molecule has 110 valence electrons. The second kappa shape index (κ2) is 5.33. The summed E-state index contributed by atoms with van der Waals surface area (Å²) in [5, 5.41) is 11.8. The van der Waals surface area contributed by atoms with E-state index in [1.807, 2.05) is 12.1 Å². The quantitative estimate of drug-likeness (QED) is 0.859. The van der Waals surface area contributed by atoms with Gasteiger partial charge in [0.15, 0.2) is 0 Å². The molecule has 0 saturated carbocycles. The van der Waals surface area contributed by atoms with Crippen molar-refractivity contribution in [3.8, 4) is 12.1 Å². The van der Waals surface area contributed by atoms with Gasteiger partial charge in [-0.05, 0) is 5.56 Å². The van der Waals surface area contributed by atoms with Crippen molar-refractivity contribution in [1.29, 1.82) is 5.26 Å². The summed E-state index contributed by atoms with van der Waals surface area (Å²) in [7, 11) is 1.36. The Labute approximate surface area is 125 Å². The molecule has 2 atom stereocenters. The third-order valence-corrected chi connectivity index (χ3v) is 3.59. The smallest absolute Gasteiger partial charge is 0.298 e. The van der Waals surface area contributed by atoms with Gasteiger partial charge in [-0.3, -0.25) is 14.6 Å². The van der Waals surface area contributed by atoms with Crippen molar-refractivity contribution in [3.05, 3.63) is 51.8 Å². The molecule has 0 saturated heterocycles. The number of benzene rings is 1. The van der Waals surface area contributed by atoms with Crippen LogP contribution < -0.4 is 15.6 Å². The number of amides is 1. The summed E-state index contributed by atoms with van der Waals surface area (Å²) in [5.74, 6) is -2.02. The van der Waals surface area contributed by atoms with Crippen molar-refractivity contribution in [2.24, 2.45) is 5.92 Å². The maximum absolute atomic E-state index is 12.4. The highest BCUT2D eigenvalue weighted by Gasteiger charge is 2.40. The highest BCUT2D eigenvalue weighted by atomic mass is 16.5. The molecular formula is C15H12N4O3. The number of nitrogens with zero attached hydrogens (tertiary/aromatic N) is 2. The standard InChI is InChI=1S/C15H12N4O3/c1-22-15-18-12-11(14(21)19-15)10(8-5-3-2-4-6-8)9(7-16)13(20)17-12/h2-6,9-10H,1H3,(H2,17,18,19,20,21). The fourth-order valence-electron chi connectivity index (χ4n) is 2.61. The third-order valence-electron chi connectivity index (χ3n) is 3.59. The van der Waals surface area contributed by atoms with Crippen molar-refractivity contribution < 1.29 is 9.53 Å². The van der Waals surface area contributed by atoms with Gasteiger partial charge in [0.1, 0.15) is 11.7 Å². The van der Waals surface area contributed by atoms with Crippen molar-refractivity contribution >= 4 is 11.7 Å². The summed E-state index contributed by atoms with van der Waals surface area (Å²) in [6, 6.07) is 10.9. The van der Waals surface area contributed by atoms with E-state index in [0.29, 0.717) is 5.56 Å². The number of nitriles is 1. The molecule has 0 radical (unpaired) electrons. The fraction of sp³-hybridized carbons (Fsp3) is 0.200. The minimum Gasteiger partial charge on any atom is -0.468 e. The van der Waals surface area contributed by atoms with Gasteiger partial charge < -0.3 is 10.1 Å². The summed E-state index contributed by atoms with van der Waals surface area (Å²) in [4.78, 5) is 31.1. The number of carbonyl (C=O) groups is 1. The molecule has 3 rings (SSSR count). The molecule has 1 amide bonds. The van der Waals surface area contributed by atoms with E-state index in [2.05, 4.69) is 15.3 Å². The number of aromatic nitrogens is 2. The Morgan fingerprint density at radius 1 is 1.27 bits per heavy atom. The van der Waals surface area contributed by atoms with Crippen LogP contribution in [0.15, 0.2) is 35.1 Å². The van der Waals surface area contributed by atoms with Crippen molar-refractivity contribution in [3.63, 3.8) is 0 Å². The van der Waals surface area contributed by atoms with Crippen molar-refractivity contribution in [2.75, 3.05) is 12.4 Å². The maximum atomic E-state index is 12.4. The van der Waals surface area contributed by atoms with Crippen LogP contribution >= 0.6 is 0 Å². The first kappa shape index (κ1) is 13.8. The van der Waals surface area contributed by atoms with Gasteiger partial charge in [0.2, 0.25) is 5.91 Å². The number of methoxy groups -OCH3 is 1. The monoisotopic (exact) mass is 296 g/mol. The highest BCUT2D eigenvalue weighted by Crippen LogP contribution is 2.37. The minimum absolute atomic E-state index is 0.00580. The Hall–Kier alpha value is -3.14. The Kier molecular flexibility index (Phi) is 3.35. The van der Waals surface area contributed by atoms with Gasteiger partial charge in [-0.25, -0.2) is 0 Å². The molecule has 0 aliphatic carbocycles. The SMILES string of the molecule is COc1nc2c(c(=O)[nH]1)C(c1ccccc1)C(C#N)C(=O)N2. The molecule has 0 spiro atoms. The lowest BCUT2D eigenvalue weighted by Crippen LogP contribution is -2.38. The average Bonchev–Trinajstić information content (AvgIpc) is 2.54. The minimum atomic E-state index is -0.994. The first-order valence-corrected chi connectivity index (χ1v) is 6.59. The first-order chi connectivity index (χ1) is 10.7. The second-order valence-electron chi connectivity index (χ2n) is 4.82. The lowest BCUT2D eigenvalue weighted by molar-refractivity contribution is -0.119. The normalized spacial score (nSPS) is 19.7. The van der Waals surface area contributed by atoms with Crippen LogP contribution in [-0.2, 0) is 4.79 Å². The second-order valence-corrected chi connectivity index (χ2v) is 4.82. The number of hydrogen-bond donors (Lipinski definition) is 2. The van der Waals surface area contributed by atoms with Gasteiger partial charge in [-0.15, -0.1) is 0 Å². The first-order valence-electron chi connectivity index (χ1n) is 6.59. The number of fused-ring (bicyclic) bond motifs is 1. The van der Waals surface area contributed by atoms with Crippen LogP contribution in [0.5, 0.6) is 6.01 Å². The van der Waals surface area contributed by atoms with Gasteiger partial charge in [0, 0.05) is 5.92 Å². The van der Waals surface area contributed by atoms with E-state index >= 15 is 0 Å². The van der Waals surface area contributed by atoms with Crippen molar-refractivity contribution in [2.45, 2.75) is 5.92 Å².